The van der Waals surface area contributed by atoms with Crippen molar-refractivity contribution in [1.82, 2.24) is 9.88 Å². The molecule has 0 aliphatic carbocycles. The lowest BCUT2D eigenvalue weighted by Crippen LogP contribution is -2.60. The summed E-state index contributed by atoms with van der Waals surface area (Å²) >= 11 is 0. The molecule has 3 aliphatic heterocycles. The Hall–Kier alpha value is -3.17. The number of aromatic amines is 1. The van der Waals surface area contributed by atoms with Gasteiger partial charge in [0.1, 0.15) is 19.1 Å². The van der Waals surface area contributed by atoms with Crippen LogP contribution in [-0.2, 0) is 40.7 Å². The molecule has 2 aromatic rings. The molecule has 3 aliphatic rings. The summed E-state index contributed by atoms with van der Waals surface area (Å²) in [5.41, 5.74) is 2.57. The molecular weight excluding hydrogens is 486 g/mol. The van der Waals surface area contributed by atoms with Crippen LogP contribution in [-0.4, -0.2) is 85.8 Å². The van der Waals surface area contributed by atoms with Crippen molar-refractivity contribution < 1.29 is 33.1 Å². The number of aromatic nitrogens is 1. The van der Waals surface area contributed by atoms with Gasteiger partial charge in [0.15, 0.2) is 6.54 Å². The van der Waals surface area contributed by atoms with E-state index in [1.54, 1.807) is 12.0 Å². The predicted molar refractivity (Wildman–Crippen MR) is 141 cm³/mol. The van der Waals surface area contributed by atoms with Gasteiger partial charge in [-0.25, -0.2) is 9.59 Å². The molecule has 1 saturated heterocycles. The van der Waals surface area contributed by atoms with Gasteiger partial charge in [-0.3, -0.25) is 4.79 Å². The fourth-order valence-corrected chi connectivity index (χ4v) is 7.04. The minimum atomic E-state index is -1.29. The summed E-state index contributed by atoms with van der Waals surface area (Å²) in [6.07, 6.45) is 4.94. The first-order chi connectivity index (χ1) is 18.3. The first-order valence-electron chi connectivity index (χ1n) is 13.5. The third-order valence-corrected chi connectivity index (χ3v) is 8.73. The minimum Gasteiger partial charge on any atom is -0.467 e. The maximum atomic E-state index is 13.9. The van der Waals surface area contributed by atoms with E-state index >= 15 is 0 Å². The number of carbonyl (C=O) groups is 3. The Balaban J connectivity index is 1.63. The van der Waals surface area contributed by atoms with Crippen LogP contribution in [0.5, 0.6) is 0 Å². The van der Waals surface area contributed by atoms with Crippen molar-refractivity contribution in [2.24, 2.45) is 5.92 Å². The summed E-state index contributed by atoms with van der Waals surface area (Å²) in [6.45, 7) is 4.95. The summed E-state index contributed by atoms with van der Waals surface area (Å²) in [4.78, 5) is 44.9. The van der Waals surface area contributed by atoms with Crippen LogP contribution in [0.15, 0.2) is 35.9 Å². The highest BCUT2D eigenvalue weighted by molar-refractivity contribution is 5.90. The van der Waals surface area contributed by atoms with E-state index in [0.717, 1.165) is 35.9 Å². The van der Waals surface area contributed by atoms with Crippen molar-refractivity contribution in [1.29, 1.82) is 0 Å². The van der Waals surface area contributed by atoms with Crippen LogP contribution in [0.1, 0.15) is 43.9 Å². The SMILES string of the molecule is CCC1=C[C@H]2C[C@@](OC)(C(=O)OC)c3[nH]c4ccccc4c3C[N+](CC(=O)N3CCC[C@H]3C(=O)OC)(C1)C2. The highest BCUT2D eigenvalue weighted by Gasteiger charge is 2.53. The molecule has 204 valence electrons. The Morgan fingerprint density at radius 2 is 1.92 bits per heavy atom. The summed E-state index contributed by atoms with van der Waals surface area (Å²) in [5.74, 6) is -0.808. The number of ether oxygens (including phenoxy) is 3. The Labute approximate surface area is 223 Å². The van der Waals surface area contributed by atoms with E-state index in [4.69, 9.17) is 14.2 Å². The maximum absolute atomic E-state index is 13.9. The lowest BCUT2D eigenvalue weighted by atomic mass is 9.79. The third-order valence-electron chi connectivity index (χ3n) is 8.73. The Bertz CT molecular complexity index is 1280. The lowest BCUT2D eigenvalue weighted by molar-refractivity contribution is -0.934. The molecule has 4 atom stereocenters. The van der Waals surface area contributed by atoms with E-state index in [0.29, 0.717) is 42.7 Å². The first-order valence-corrected chi connectivity index (χ1v) is 13.5. The first kappa shape index (κ1) is 26.4. The van der Waals surface area contributed by atoms with Gasteiger partial charge in [-0.15, -0.1) is 0 Å². The number of hydrogen-bond donors (Lipinski definition) is 1. The molecule has 0 radical (unpaired) electrons. The van der Waals surface area contributed by atoms with Crippen LogP contribution >= 0.6 is 0 Å². The van der Waals surface area contributed by atoms with Crippen LogP contribution in [0.3, 0.4) is 0 Å². The second kappa shape index (κ2) is 10.2. The highest BCUT2D eigenvalue weighted by atomic mass is 16.6. The number of carbonyl (C=O) groups excluding carboxylic acids is 3. The van der Waals surface area contributed by atoms with Gasteiger partial charge in [0.25, 0.3) is 5.91 Å². The van der Waals surface area contributed by atoms with Gasteiger partial charge >= 0.3 is 11.9 Å². The zero-order valence-electron chi connectivity index (χ0n) is 22.7. The van der Waals surface area contributed by atoms with E-state index in [9.17, 15) is 14.4 Å². The second-order valence-corrected chi connectivity index (χ2v) is 11.0. The third kappa shape index (κ3) is 4.31. The number of amides is 1. The number of benzene rings is 1. The van der Waals surface area contributed by atoms with E-state index in [1.165, 1.54) is 19.8 Å². The van der Waals surface area contributed by atoms with Crippen molar-refractivity contribution in [3.8, 4) is 0 Å². The predicted octanol–water partition coefficient (Wildman–Crippen LogP) is 3.03. The van der Waals surface area contributed by atoms with Gasteiger partial charge in [0.05, 0.1) is 26.5 Å². The van der Waals surface area contributed by atoms with Crippen LogP contribution in [0.25, 0.3) is 10.9 Å². The van der Waals surface area contributed by atoms with Crippen LogP contribution in [0.4, 0.5) is 0 Å². The number of rotatable bonds is 6. The number of nitrogens with zero attached hydrogens (tertiary/aromatic N) is 2. The number of likely N-dealkylation sites (tertiary alicyclic amines) is 1. The van der Waals surface area contributed by atoms with Gasteiger partial charge in [-0.2, -0.15) is 0 Å². The van der Waals surface area contributed by atoms with E-state index < -0.39 is 17.6 Å². The molecule has 9 heteroatoms. The molecule has 1 amide bonds. The van der Waals surface area contributed by atoms with E-state index in [-0.39, 0.29) is 24.3 Å². The van der Waals surface area contributed by atoms with Gasteiger partial charge in [-0.1, -0.05) is 31.2 Å². The summed E-state index contributed by atoms with van der Waals surface area (Å²) in [5, 5.41) is 1.01. The molecule has 1 unspecified atom stereocenters. The molecule has 5 rings (SSSR count). The van der Waals surface area contributed by atoms with Crippen molar-refractivity contribution in [3.05, 3.63) is 47.2 Å². The molecule has 1 aromatic carbocycles. The molecular formula is C29H38N3O6+. The number of para-hydroxylation sites is 1. The second-order valence-electron chi connectivity index (χ2n) is 11.0. The monoisotopic (exact) mass is 524 g/mol. The Kier molecular flexibility index (Phi) is 7.09. The number of H-pyrrole nitrogens is 1. The molecule has 1 N–H and O–H groups in total. The topological polar surface area (TPSA) is 97.9 Å². The summed E-state index contributed by atoms with van der Waals surface area (Å²) < 4.78 is 16.9. The minimum absolute atomic E-state index is 0.0000873. The number of fused-ring (bicyclic) bond motifs is 5. The molecule has 38 heavy (non-hydrogen) atoms. The van der Waals surface area contributed by atoms with Gasteiger partial charge in [0, 0.05) is 42.5 Å². The lowest BCUT2D eigenvalue weighted by Gasteiger charge is -2.47. The zero-order chi connectivity index (χ0) is 27.1. The van der Waals surface area contributed by atoms with Crippen LogP contribution in [0.2, 0.25) is 0 Å². The number of methoxy groups -OCH3 is 3. The smallest absolute Gasteiger partial charge is 0.344 e. The normalized spacial score (nSPS) is 28.7. The maximum Gasteiger partial charge on any atom is 0.344 e. The zero-order valence-corrected chi connectivity index (χ0v) is 22.7. The molecule has 1 aromatic heterocycles. The van der Waals surface area contributed by atoms with Crippen LogP contribution < -0.4 is 0 Å². The average Bonchev–Trinajstić information content (AvgIpc) is 3.56. The number of hydrogen-bond acceptors (Lipinski definition) is 6. The molecule has 0 spiro atoms. The Morgan fingerprint density at radius 3 is 2.63 bits per heavy atom. The Morgan fingerprint density at radius 1 is 1.13 bits per heavy atom. The molecule has 9 nitrogen and oxygen atoms in total. The van der Waals surface area contributed by atoms with Gasteiger partial charge < -0.3 is 28.6 Å². The van der Waals surface area contributed by atoms with Crippen molar-refractivity contribution >= 4 is 28.7 Å². The average molecular weight is 525 g/mol. The molecule has 4 heterocycles. The largest absolute Gasteiger partial charge is 0.467 e. The number of nitrogens with one attached hydrogen (secondary N) is 1. The number of quaternary nitrogens is 1. The van der Waals surface area contributed by atoms with E-state index in [2.05, 4.69) is 18.0 Å². The van der Waals surface area contributed by atoms with Gasteiger partial charge in [0.2, 0.25) is 5.60 Å². The fraction of sp³-hybridized carbons (Fsp3) is 0.552. The van der Waals surface area contributed by atoms with Crippen molar-refractivity contribution in [2.45, 2.75) is 50.8 Å². The van der Waals surface area contributed by atoms with Gasteiger partial charge in [-0.05, 0) is 30.9 Å². The van der Waals surface area contributed by atoms with Crippen molar-refractivity contribution in [2.75, 3.05) is 47.5 Å². The van der Waals surface area contributed by atoms with Crippen molar-refractivity contribution in [3.63, 3.8) is 0 Å². The van der Waals surface area contributed by atoms with Crippen LogP contribution in [0, 0.1) is 5.92 Å². The summed E-state index contributed by atoms with van der Waals surface area (Å²) in [7, 11) is 4.33. The number of esters is 2. The quantitative estimate of drug-likeness (QED) is 0.355. The standard InChI is InChI=1S/C29H38N3O6/c1-5-19-13-20-14-29(38-4,28(35)37-3)26-22(21-9-6-7-10-23(21)30-26)17-32(15-19,16-20)18-25(33)31-12-8-11-24(31)27(34)36-2/h6-7,9-10,13,20,24,30H,5,8,11-12,14-18H2,1-4H3/q+1/t20-,24-,29-,32?/m0/s1. The van der Waals surface area contributed by atoms with E-state index in [1.807, 2.05) is 24.3 Å². The highest BCUT2D eigenvalue weighted by Crippen LogP contribution is 2.45. The molecule has 0 saturated carbocycles. The molecule has 1 fully saturated rings. The molecule has 2 bridgehead atoms. The summed E-state index contributed by atoms with van der Waals surface area (Å²) in [6, 6.07) is 7.47. The fourth-order valence-electron chi connectivity index (χ4n) is 7.04.